The lowest BCUT2D eigenvalue weighted by Crippen LogP contribution is -2.46. The highest BCUT2D eigenvalue weighted by atomic mass is 79.9. The average molecular weight is 351 g/mol. The Morgan fingerprint density at radius 3 is 2.48 bits per heavy atom. The maximum absolute atomic E-state index is 12.1. The fraction of sp³-hybridized carbons (Fsp3) is 0.154. The van der Waals surface area contributed by atoms with Crippen LogP contribution in [0.25, 0.3) is 0 Å². The van der Waals surface area contributed by atoms with Gasteiger partial charge in [0.25, 0.3) is 5.56 Å². The normalized spacial score (nSPS) is 16.9. The Hall–Kier alpha value is -2.35. The van der Waals surface area contributed by atoms with Crippen molar-refractivity contribution >= 4 is 27.8 Å². The van der Waals surface area contributed by atoms with Crippen LogP contribution in [0.4, 0.5) is 10.6 Å². The molecule has 0 radical (unpaired) electrons. The molecule has 1 aliphatic rings. The first-order valence-electron chi connectivity index (χ1n) is 6.13. The van der Waals surface area contributed by atoms with Crippen molar-refractivity contribution in [3.63, 3.8) is 0 Å². The van der Waals surface area contributed by atoms with Crippen molar-refractivity contribution in [1.29, 1.82) is 0 Å². The Kier molecular flexibility index (Phi) is 3.17. The standard InChI is InChI=1S/C13H11BrN4O3/c1-18-10-8(11(19)17-13(18)21)9(15-12(20)16-10)6-2-4-7(14)5-3-6/h2-5,9H,1H3,(H2,15,16,20)(H,17,19,21). The van der Waals surface area contributed by atoms with Gasteiger partial charge in [0, 0.05) is 11.5 Å². The Labute approximate surface area is 127 Å². The Balaban J connectivity index is 2.25. The molecular weight excluding hydrogens is 340 g/mol. The smallest absolute Gasteiger partial charge is 0.327 e. The highest BCUT2D eigenvalue weighted by Gasteiger charge is 2.30. The minimum atomic E-state index is -0.614. The number of nitrogens with zero attached hydrogens (tertiary/aromatic N) is 1. The predicted molar refractivity (Wildman–Crippen MR) is 80.4 cm³/mol. The number of hydrogen-bond donors (Lipinski definition) is 3. The van der Waals surface area contributed by atoms with E-state index in [1.165, 1.54) is 11.6 Å². The largest absolute Gasteiger partial charge is 0.329 e. The highest BCUT2D eigenvalue weighted by Crippen LogP contribution is 2.28. The Bertz CT molecular complexity index is 838. The van der Waals surface area contributed by atoms with Gasteiger partial charge in [0.2, 0.25) is 0 Å². The molecule has 3 N–H and O–H groups in total. The second kappa shape index (κ2) is 4.88. The molecule has 1 aromatic heterocycles. The van der Waals surface area contributed by atoms with Crippen LogP contribution in [0, 0.1) is 0 Å². The van der Waals surface area contributed by atoms with Gasteiger partial charge in [-0.1, -0.05) is 28.1 Å². The molecule has 7 nitrogen and oxygen atoms in total. The van der Waals surface area contributed by atoms with E-state index < -0.39 is 23.3 Å². The van der Waals surface area contributed by atoms with Gasteiger partial charge in [0.15, 0.2) is 0 Å². The molecule has 8 heteroatoms. The van der Waals surface area contributed by atoms with Crippen molar-refractivity contribution in [2.75, 3.05) is 5.32 Å². The van der Waals surface area contributed by atoms with E-state index in [2.05, 4.69) is 31.5 Å². The number of aromatic nitrogens is 2. The van der Waals surface area contributed by atoms with Crippen molar-refractivity contribution in [2.24, 2.45) is 7.05 Å². The van der Waals surface area contributed by atoms with E-state index in [9.17, 15) is 14.4 Å². The summed E-state index contributed by atoms with van der Waals surface area (Å²) in [5, 5.41) is 5.20. The zero-order chi connectivity index (χ0) is 15.1. The average Bonchev–Trinajstić information content (AvgIpc) is 2.44. The van der Waals surface area contributed by atoms with E-state index >= 15 is 0 Å². The fourth-order valence-corrected chi connectivity index (χ4v) is 2.57. The van der Waals surface area contributed by atoms with Gasteiger partial charge in [0.1, 0.15) is 5.82 Å². The van der Waals surface area contributed by atoms with Gasteiger partial charge < -0.3 is 5.32 Å². The van der Waals surface area contributed by atoms with Gasteiger partial charge in [-0.15, -0.1) is 0 Å². The van der Waals surface area contributed by atoms with Gasteiger partial charge in [-0.3, -0.25) is 19.7 Å². The maximum Gasteiger partial charge on any atom is 0.329 e. The van der Waals surface area contributed by atoms with Crippen LogP contribution < -0.4 is 21.9 Å². The third-order valence-corrected chi connectivity index (χ3v) is 3.89. The lowest BCUT2D eigenvalue weighted by Gasteiger charge is -2.27. The molecule has 0 aliphatic carbocycles. The number of benzene rings is 1. The SMILES string of the molecule is Cn1c2c(c(=O)[nH]c1=O)C(c1ccc(Br)cc1)NC(=O)N2. The molecule has 0 saturated carbocycles. The zero-order valence-corrected chi connectivity index (χ0v) is 12.5. The van der Waals surface area contributed by atoms with E-state index in [1.807, 2.05) is 12.1 Å². The molecule has 1 aromatic carbocycles. The molecule has 0 bridgehead atoms. The van der Waals surface area contributed by atoms with Crippen LogP contribution in [0.3, 0.4) is 0 Å². The van der Waals surface area contributed by atoms with Crippen LogP contribution in [0.1, 0.15) is 17.2 Å². The maximum atomic E-state index is 12.1. The second-order valence-electron chi connectivity index (χ2n) is 4.66. The molecule has 1 atom stereocenters. The number of fused-ring (bicyclic) bond motifs is 1. The summed E-state index contributed by atoms with van der Waals surface area (Å²) in [6, 6.07) is 6.16. The van der Waals surface area contributed by atoms with Crippen molar-refractivity contribution in [3.05, 3.63) is 60.7 Å². The fourth-order valence-electron chi connectivity index (χ4n) is 2.31. The van der Waals surface area contributed by atoms with Crippen molar-refractivity contribution in [2.45, 2.75) is 6.04 Å². The quantitative estimate of drug-likeness (QED) is 0.717. The summed E-state index contributed by atoms with van der Waals surface area (Å²) in [6.45, 7) is 0. The molecule has 2 amide bonds. The molecule has 2 heterocycles. The number of halogens is 1. The summed E-state index contributed by atoms with van der Waals surface area (Å²) in [4.78, 5) is 37.8. The first-order chi connectivity index (χ1) is 9.97. The lowest BCUT2D eigenvalue weighted by molar-refractivity contribution is 0.248. The molecule has 0 fully saturated rings. The van der Waals surface area contributed by atoms with E-state index in [0.717, 1.165) is 10.0 Å². The van der Waals surface area contributed by atoms with Crippen molar-refractivity contribution in [3.8, 4) is 0 Å². The Morgan fingerprint density at radius 1 is 1.14 bits per heavy atom. The molecule has 2 aromatic rings. The van der Waals surface area contributed by atoms with Crippen molar-refractivity contribution in [1.82, 2.24) is 14.9 Å². The number of amides is 2. The second-order valence-corrected chi connectivity index (χ2v) is 5.58. The summed E-state index contributed by atoms with van der Waals surface area (Å²) in [5.41, 5.74) is -0.0403. The van der Waals surface area contributed by atoms with E-state index in [0.29, 0.717) is 5.56 Å². The first-order valence-corrected chi connectivity index (χ1v) is 6.93. The molecule has 0 saturated heterocycles. The summed E-state index contributed by atoms with van der Waals surface area (Å²) in [6.07, 6.45) is 0. The minimum absolute atomic E-state index is 0.209. The molecular formula is C13H11BrN4O3. The molecule has 1 aliphatic heterocycles. The number of H-pyrrole nitrogens is 1. The molecule has 108 valence electrons. The lowest BCUT2D eigenvalue weighted by atomic mass is 9.99. The van der Waals surface area contributed by atoms with Crippen LogP contribution in [0.2, 0.25) is 0 Å². The predicted octanol–water partition coefficient (Wildman–Crippen LogP) is 1.06. The topological polar surface area (TPSA) is 96.0 Å². The van der Waals surface area contributed by atoms with Crippen LogP contribution in [0.15, 0.2) is 38.3 Å². The van der Waals surface area contributed by atoms with E-state index in [-0.39, 0.29) is 5.82 Å². The van der Waals surface area contributed by atoms with Gasteiger partial charge in [-0.05, 0) is 17.7 Å². The number of carbonyl (C=O) groups excluding carboxylic acids is 1. The van der Waals surface area contributed by atoms with E-state index in [1.54, 1.807) is 12.1 Å². The monoisotopic (exact) mass is 350 g/mol. The van der Waals surface area contributed by atoms with Gasteiger partial charge >= 0.3 is 11.7 Å². The van der Waals surface area contributed by atoms with Crippen molar-refractivity contribution < 1.29 is 4.79 Å². The van der Waals surface area contributed by atoms with Crippen LogP contribution in [-0.4, -0.2) is 15.6 Å². The highest BCUT2D eigenvalue weighted by molar-refractivity contribution is 9.10. The number of carbonyl (C=O) groups is 1. The van der Waals surface area contributed by atoms with Crippen LogP contribution in [0.5, 0.6) is 0 Å². The molecule has 0 spiro atoms. The summed E-state index contributed by atoms with van der Waals surface area (Å²) >= 11 is 3.34. The number of urea groups is 1. The number of anilines is 1. The number of nitrogens with one attached hydrogen (secondary N) is 3. The number of aromatic amines is 1. The summed E-state index contributed by atoms with van der Waals surface area (Å²) in [7, 11) is 1.49. The molecule has 21 heavy (non-hydrogen) atoms. The number of rotatable bonds is 1. The van der Waals surface area contributed by atoms with Crippen LogP contribution in [-0.2, 0) is 7.05 Å². The minimum Gasteiger partial charge on any atom is -0.327 e. The van der Waals surface area contributed by atoms with Crippen LogP contribution >= 0.6 is 15.9 Å². The van der Waals surface area contributed by atoms with Gasteiger partial charge in [-0.2, -0.15) is 0 Å². The third kappa shape index (κ3) is 2.27. The zero-order valence-electron chi connectivity index (χ0n) is 10.9. The molecule has 1 unspecified atom stereocenters. The summed E-state index contributed by atoms with van der Waals surface area (Å²) < 4.78 is 2.10. The third-order valence-electron chi connectivity index (χ3n) is 3.36. The van der Waals surface area contributed by atoms with Gasteiger partial charge in [-0.25, -0.2) is 9.59 Å². The summed E-state index contributed by atoms with van der Waals surface area (Å²) in [5.74, 6) is 0.209. The first kappa shape index (κ1) is 13.6. The molecule has 3 rings (SSSR count). The van der Waals surface area contributed by atoms with Gasteiger partial charge in [0.05, 0.1) is 11.6 Å². The number of hydrogen-bond acceptors (Lipinski definition) is 3. The Morgan fingerprint density at radius 2 is 1.81 bits per heavy atom. The van der Waals surface area contributed by atoms with E-state index in [4.69, 9.17) is 0 Å².